The maximum atomic E-state index is 11.4. The third-order valence-electron chi connectivity index (χ3n) is 12.7. The molecule has 35 nitrogen and oxygen atoms in total. The van der Waals surface area contributed by atoms with Gasteiger partial charge in [0.15, 0.2) is 37.7 Å². The average Bonchev–Trinajstić information content (AvgIpc) is 3.35. The lowest BCUT2D eigenvalue weighted by Gasteiger charge is -2.48. The molecule has 0 saturated carbocycles. The maximum Gasteiger partial charge on any atom is 0.468 e. The van der Waals surface area contributed by atoms with E-state index in [0.29, 0.717) is 0 Å². The third kappa shape index (κ3) is 13.9. The van der Waals surface area contributed by atoms with Crippen molar-refractivity contribution in [1.82, 2.24) is 0 Å². The van der Waals surface area contributed by atoms with E-state index in [4.69, 9.17) is 52.1 Å². The molecule has 37 heteroatoms. The highest BCUT2D eigenvalue weighted by Crippen LogP contribution is 2.35. The Bertz CT molecular complexity index is 1860. The molecule has 30 atom stereocenters. The van der Waals surface area contributed by atoms with Gasteiger partial charge < -0.3 is 144 Å². The number of aliphatic hydroxyl groups is 18. The summed E-state index contributed by atoms with van der Waals surface area (Å²) < 4.78 is 114. The second kappa shape index (κ2) is 26.5. The molecule has 0 aromatic carbocycles. The van der Waals surface area contributed by atoms with Crippen molar-refractivity contribution in [3.05, 3.63) is 0 Å². The molecule has 6 aliphatic heterocycles. The number of hydrogen-bond donors (Lipinski definition) is 18. The molecule has 0 aromatic heterocycles. The Kier molecular flexibility index (Phi) is 22.0. The summed E-state index contributed by atoms with van der Waals surface area (Å²) >= 11 is 0. The van der Waals surface area contributed by atoms with Crippen molar-refractivity contribution in [1.29, 1.82) is 0 Å². The summed E-state index contributed by atoms with van der Waals surface area (Å²) in [6.45, 7) is -5.58. The van der Waals surface area contributed by atoms with Crippen LogP contribution in [0.25, 0.3) is 0 Å². The lowest BCUT2D eigenvalue weighted by molar-refractivity contribution is -0.389. The monoisotopic (exact) mass is 1110 g/mol. The fraction of sp³-hybridized carbons (Fsp3) is 1.00. The predicted molar refractivity (Wildman–Crippen MR) is 213 cm³/mol. The first-order chi connectivity index (χ1) is 34.4. The van der Waals surface area contributed by atoms with Crippen molar-refractivity contribution in [3.63, 3.8) is 0 Å². The Morgan fingerprint density at radius 1 is 0.301 bits per heavy atom. The molecule has 6 heterocycles. The number of aliphatic hydroxyl groups excluding tert-OH is 18. The maximum absolute atomic E-state index is 11.4. The molecule has 6 fully saturated rings. The Morgan fingerprint density at radius 2 is 0.630 bits per heavy atom. The van der Waals surface area contributed by atoms with Crippen LogP contribution in [-0.4, -0.2) is 316 Å². The zero-order chi connectivity index (χ0) is 53.9. The minimum atomic E-state index is -3.49. The van der Waals surface area contributed by atoms with Gasteiger partial charge in [0.2, 0.25) is 0 Å². The van der Waals surface area contributed by atoms with Gasteiger partial charge in [-0.25, -0.2) is 18.3 Å². The fourth-order valence-corrected chi connectivity index (χ4v) is 9.04. The van der Waals surface area contributed by atoms with Crippen LogP contribution in [0.15, 0.2) is 0 Å². The average molecular weight is 1110 g/mol. The van der Waals surface area contributed by atoms with Crippen molar-refractivity contribution in [3.8, 4) is 0 Å². The van der Waals surface area contributed by atoms with Crippen LogP contribution in [0, 0.1) is 0 Å². The Hall–Kier alpha value is -1.44. The van der Waals surface area contributed by atoms with E-state index < -0.39 is 240 Å². The highest BCUT2D eigenvalue weighted by Gasteiger charge is 2.56. The standard InChI is InChI=1S/C36H60O35P2/c37-1-7-13(39)22(48)29(70-33-25(51)20(46)16(42)11(67-33)5-61-72(55)56)35(64-7)60-3-9-15(41)19(45)24(50)32(66-9)59-4-10-18(44)28(27(53)31(54)63-10)69-36-30(23(49)14(40)8(2-38)65-36)71-34-26(52)21(47)17(43)12(68-34)6-62-73(57)58/h7-54H,1-6H2/t7?,8?,9?,10?,11?,12?,13-,14-,15-,16-,17-,18-,19?,20?,21?,22?,23?,24-,25-,26-,27-,28?,29-,30-,31-,32+,33-,34-,35+,36-/m1/s1. The van der Waals surface area contributed by atoms with Gasteiger partial charge in [0.1, 0.15) is 146 Å². The summed E-state index contributed by atoms with van der Waals surface area (Å²) in [6, 6.07) is 0. The van der Waals surface area contributed by atoms with Crippen LogP contribution >= 0.6 is 15.8 Å². The lowest BCUT2D eigenvalue weighted by atomic mass is 9.96. The first-order valence-electron chi connectivity index (χ1n) is 22.2. The molecule has 6 saturated heterocycles. The molecular weight excluding hydrogens is 1050 g/mol. The first-order valence-corrected chi connectivity index (χ1v) is 24.4. The molecule has 18 N–H and O–H groups in total. The summed E-state index contributed by atoms with van der Waals surface area (Å²) in [5, 5.41) is 191. The molecule has 6 rings (SSSR count). The first kappa shape index (κ1) is 60.8. The van der Waals surface area contributed by atoms with Crippen LogP contribution in [-0.2, 0) is 79.4 Å². The van der Waals surface area contributed by atoms with Gasteiger partial charge in [-0.05, 0) is 0 Å². The van der Waals surface area contributed by atoms with E-state index >= 15 is 0 Å². The molecule has 0 bridgehead atoms. The summed E-state index contributed by atoms with van der Waals surface area (Å²) in [5.41, 5.74) is 0. The van der Waals surface area contributed by atoms with E-state index in [0.717, 1.165) is 0 Å². The Morgan fingerprint density at radius 3 is 1.07 bits per heavy atom. The number of hydrogen-bond acceptors (Lipinski definition) is 35. The van der Waals surface area contributed by atoms with Crippen molar-refractivity contribution in [2.75, 3.05) is 39.6 Å². The fourth-order valence-electron chi connectivity index (χ4n) is 8.50. The highest BCUT2D eigenvalue weighted by atomic mass is 31.1. The highest BCUT2D eigenvalue weighted by molar-refractivity contribution is 7.24. The second-order valence-electron chi connectivity index (χ2n) is 17.5. The van der Waals surface area contributed by atoms with Gasteiger partial charge >= 0.3 is 15.8 Å². The normalized spacial score (nSPS) is 49.8. The van der Waals surface area contributed by atoms with Gasteiger partial charge in [-0.1, -0.05) is 0 Å². The quantitative estimate of drug-likeness (QED) is 0.0503. The van der Waals surface area contributed by atoms with Crippen LogP contribution in [0.2, 0.25) is 0 Å². The zero-order valence-electron chi connectivity index (χ0n) is 37.4. The van der Waals surface area contributed by atoms with Crippen LogP contribution in [0.5, 0.6) is 0 Å². The zero-order valence-corrected chi connectivity index (χ0v) is 39.2. The van der Waals surface area contributed by atoms with E-state index in [1.165, 1.54) is 0 Å². The van der Waals surface area contributed by atoms with Gasteiger partial charge in [0.05, 0.1) is 39.6 Å². The summed E-state index contributed by atoms with van der Waals surface area (Å²) in [6.07, 6.45) is -59.7. The van der Waals surface area contributed by atoms with Crippen LogP contribution < -0.4 is 0 Å². The molecule has 6 aliphatic rings. The molecular formula is C36H60O35P2. The van der Waals surface area contributed by atoms with Crippen molar-refractivity contribution >= 4 is 15.8 Å². The van der Waals surface area contributed by atoms with Crippen LogP contribution in [0.4, 0.5) is 0 Å². The summed E-state index contributed by atoms with van der Waals surface area (Å²) in [7, 11) is -6.97. The Labute approximate surface area is 410 Å². The summed E-state index contributed by atoms with van der Waals surface area (Å²) in [4.78, 5) is 0. The van der Waals surface area contributed by atoms with Crippen LogP contribution in [0.3, 0.4) is 0 Å². The van der Waals surface area contributed by atoms with Gasteiger partial charge in [-0.3, -0.25) is 9.05 Å². The van der Waals surface area contributed by atoms with Crippen LogP contribution in [0.1, 0.15) is 0 Å². The minimum absolute atomic E-state index is 0.880. The second-order valence-corrected chi connectivity index (χ2v) is 18.9. The molecule has 0 spiro atoms. The number of ether oxygens (including phenoxy) is 11. The van der Waals surface area contributed by atoms with E-state index in [1.54, 1.807) is 0 Å². The topological polar surface area (TPSA) is 552 Å². The van der Waals surface area contributed by atoms with Gasteiger partial charge in [-0.2, -0.15) is 0 Å². The molecule has 0 radical (unpaired) electrons. The Balaban J connectivity index is 1.13. The molecule has 0 amide bonds. The smallest absolute Gasteiger partial charge is 0.394 e. The van der Waals surface area contributed by atoms with E-state index in [2.05, 4.69) is 9.05 Å². The largest absolute Gasteiger partial charge is 0.468 e. The minimum Gasteiger partial charge on any atom is -0.394 e. The van der Waals surface area contributed by atoms with Crippen molar-refractivity contribution in [2.45, 2.75) is 184 Å². The van der Waals surface area contributed by atoms with E-state index in [1.807, 2.05) is 0 Å². The molecule has 12 unspecified atom stereocenters. The SMILES string of the molecule is O=P(=O)OCC1O[C@H](O[C@@H]2C(O)[C@H](O)C(CO)O[C@@H]2OC2[C@H](O)C(CO[C@H]3OC(CO[C@H]4OC(CO)[C@@H](O)C(O)[C@H]4O[C@H]4OC(COP(=O)=O)[C@@H](O)C(O)[C@H]4O)[C@@H](O)C(O)[C@H]3O)O[C@@H](O)[C@@H]2O)[C@H](O)C(O)[C@@H]1O. The molecule has 424 valence electrons. The molecule has 0 aromatic rings. The van der Waals surface area contributed by atoms with Gasteiger partial charge in [-0.15, -0.1) is 0 Å². The van der Waals surface area contributed by atoms with Gasteiger partial charge in [0.25, 0.3) is 0 Å². The van der Waals surface area contributed by atoms with Crippen molar-refractivity contribution in [2.24, 2.45) is 0 Å². The lowest BCUT2D eigenvalue weighted by Crippen LogP contribution is -2.67. The van der Waals surface area contributed by atoms with E-state index in [9.17, 15) is 110 Å². The predicted octanol–water partition coefficient (Wildman–Crippen LogP) is -11.9. The van der Waals surface area contributed by atoms with Crippen molar-refractivity contribution < 1.29 is 171 Å². The summed E-state index contributed by atoms with van der Waals surface area (Å²) in [5.74, 6) is 0. The molecule has 73 heavy (non-hydrogen) atoms. The third-order valence-corrected chi connectivity index (χ3v) is 13.4. The molecule has 0 aliphatic carbocycles. The van der Waals surface area contributed by atoms with Gasteiger partial charge in [0, 0.05) is 0 Å². The van der Waals surface area contributed by atoms with E-state index in [-0.39, 0.29) is 0 Å². The number of rotatable bonds is 20.